The summed E-state index contributed by atoms with van der Waals surface area (Å²) in [6.45, 7) is 3.45. The number of rotatable bonds is 7. The molecule has 0 fully saturated rings. The van der Waals surface area contributed by atoms with Crippen LogP contribution in [-0.2, 0) is 11.2 Å². The van der Waals surface area contributed by atoms with E-state index in [1.165, 1.54) is 0 Å². The summed E-state index contributed by atoms with van der Waals surface area (Å²) in [5, 5.41) is 3.14. The van der Waals surface area contributed by atoms with Gasteiger partial charge in [0.25, 0.3) is 0 Å². The minimum atomic E-state index is -4.28. The molecule has 0 heterocycles. The van der Waals surface area contributed by atoms with Gasteiger partial charge in [-0.2, -0.15) is 13.2 Å². The molecule has 0 spiro atoms. The molecule has 1 aromatic rings. The molecule has 19 heavy (non-hydrogen) atoms. The van der Waals surface area contributed by atoms with E-state index in [0.29, 0.717) is 6.54 Å². The van der Waals surface area contributed by atoms with Crippen molar-refractivity contribution in [2.45, 2.75) is 32.5 Å². The molecule has 0 aromatic heterocycles. The van der Waals surface area contributed by atoms with Crippen molar-refractivity contribution in [2.24, 2.45) is 0 Å². The summed E-state index contributed by atoms with van der Waals surface area (Å²) in [5.74, 6) is 0. The van der Waals surface area contributed by atoms with Crippen LogP contribution >= 0.6 is 0 Å². The predicted molar refractivity (Wildman–Crippen MR) is 69.1 cm³/mol. The molecular weight excluding hydrogens is 255 g/mol. The van der Waals surface area contributed by atoms with E-state index >= 15 is 0 Å². The molecule has 108 valence electrons. The third-order valence-electron chi connectivity index (χ3n) is 2.76. The van der Waals surface area contributed by atoms with Crippen LogP contribution in [0.2, 0.25) is 0 Å². The molecule has 5 heteroatoms. The van der Waals surface area contributed by atoms with Crippen molar-refractivity contribution in [3.63, 3.8) is 0 Å². The highest BCUT2D eigenvalue weighted by Crippen LogP contribution is 2.19. The lowest BCUT2D eigenvalue weighted by Gasteiger charge is -2.19. The molecule has 2 nitrogen and oxygen atoms in total. The molecule has 1 unspecified atom stereocenters. The van der Waals surface area contributed by atoms with E-state index in [4.69, 9.17) is 4.74 Å². The van der Waals surface area contributed by atoms with Crippen LogP contribution in [0.5, 0.6) is 0 Å². The zero-order valence-electron chi connectivity index (χ0n) is 11.3. The van der Waals surface area contributed by atoms with Gasteiger partial charge in [0.15, 0.2) is 0 Å². The van der Waals surface area contributed by atoms with E-state index in [9.17, 15) is 13.2 Å². The zero-order valence-corrected chi connectivity index (χ0v) is 11.3. The number of likely N-dealkylation sites (N-methyl/N-ethyl adjacent to an activating group) is 1. The fourth-order valence-electron chi connectivity index (χ4n) is 1.84. The van der Waals surface area contributed by atoms with Crippen LogP contribution in [0.1, 0.15) is 31.0 Å². The highest BCUT2D eigenvalue weighted by atomic mass is 19.4. The molecule has 0 saturated heterocycles. The van der Waals surface area contributed by atoms with Crippen LogP contribution in [0.25, 0.3) is 0 Å². The van der Waals surface area contributed by atoms with Crippen molar-refractivity contribution in [1.29, 1.82) is 0 Å². The second-order valence-electron chi connectivity index (χ2n) is 4.34. The van der Waals surface area contributed by atoms with Gasteiger partial charge in [0.05, 0.1) is 12.6 Å². The van der Waals surface area contributed by atoms with E-state index in [-0.39, 0.29) is 12.6 Å². The first kappa shape index (κ1) is 16.0. The molecule has 1 aromatic carbocycles. The molecule has 0 radical (unpaired) electrons. The third-order valence-corrected chi connectivity index (χ3v) is 2.76. The molecule has 0 amide bonds. The van der Waals surface area contributed by atoms with Gasteiger partial charge in [-0.05, 0) is 24.1 Å². The van der Waals surface area contributed by atoms with Gasteiger partial charge >= 0.3 is 6.18 Å². The summed E-state index contributed by atoms with van der Waals surface area (Å²) < 4.78 is 41.0. The van der Waals surface area contributed by atoms with Gasteiger partial charge in [-0.15, -0.1) is 0 Å². The van der Waals surface area contributed by atoms with Gasteiger partial charge in [0.1, 0.15) is 6.61 Å². The maximum Gasteiger partial charge on any atom is 0.411 e. The Bertz CT molecular complexity index is 379. The quantitative estimate of drug-likeness (QED) is 0.822. The Kier molecular flexibility index (Phi) is 6.31. The Morgan fingerprint density at radius 1 is 1.26 bits per heavy atom. The summed E-state index contributed by atoms with van der Waals surface area (Å²) in [6, 6.07) is 7.62. The minimum Gasteiger partial charge on any atom is -0.370 e. The number of benzene rings is 1. The average Bonchev–Trinajstić information content (AvgIpc) is 2.36. The smallest absolute Gasteiger partial charge is 0.370 e. The van der Waals surface area contributed by atoms with Gasteiger partial charge in [0, 0.05) is 0 Å². The average molecular weight is 275 g/mol. The first-order valence-corrected chi connectivity index (χ1v) is 6.43. The van der Waals surface area contributed by atoms with Crippen LogP contribution in [0.15, 0.2) is 24.3 Å². The minimum absolute atomic E-state index is 0.0144. The van der Waals surface area contributed by atoms with E-state index in [2.05, 4.69) is 5.32 Å². The summed E-state index contributed by atoms with van der Waals surface area (Å²) in [7, 11) is 0. The van der Waals surface area contributed by atoms with Crippen LogP contribution < -0.4 is 5.32 Å². The van der Waals surface area contributed by atoms with Gasteiger partial charge < -0.3 is 10.1 Å². The van der Waals surface area contributed by atoms with Crippen molar-refractivity contribution in [3.8, 4) is 0 Å². The van der Waals surface area contributed by atoms with Crippen LogP contribution in [0, 0.1) is 0 Å². The Balaban J connectivity index is 2.65. The van der Waals surface area contributed by atoms with Crippen molar-refractivity contribution in [1.82, 2.24) is 5.32 Å². The van der Waals surface area contributed by atoms with Gasteiger partial charge in [-0.3, -0.25) is 0 Å². The topological polar surface area (TPSA) is 21.3 Å². The highest BCUT2D eigenvalue weighted by Gasteiger charge is 2.28. The SMILES string of the molecule is CCNC(COCC(F)(F)F)c1cccc(CC)c1. The number of hydrogen-bond donors (Lipinski definition) is 1. The lowest BCUT2D eigenvalue weighted by Crippen LogP contribution is -2.28. The van der Waals surface area contributed by atoms with E-state index in [1.807, 2.05) is 38.1 Å². The number of aryl methyl sites for hydroxylation is 1. The summed E-state index contributed by atoms with van der Waals surface area (Å²) in [6.07, 6.45) is -3.38. The number of alkyl halides is 3. The third kappa shape index (κ3) is 6.07. The Labute approximate surface area is 112 Å². The Hall–Kier alpha value is -1.07. The second kappa shape index (κ2) is 7.50. The summed E-state index contributed by atoms with van der Waals surface area (Å²) in [5.41, 5.74) is 2.12. The maximum atomic E-state index is 12.1. The van der Waals surface area contributed by atoms with E-state index < -0.39 is 12.8 Å². The largest absolute Gasteiger partial charge is 0.411 e. The van der Waals surface area contributed by atoms with Gasteiger partial charge in [-0.25, -0.2) is 0 Å². The lowest BCUT2D eigenvalue weighted by molar-refractivity contribution is -0.175. The summed E-state index contributed by atoms with van der Waals surface area (Å²) >= 11 is 0. The molecule has 1 N–H and O–H groups in total. The predicted octanol–water partition coefficient (Wildman–Crippen LogP) is 3.48. The van der Waals surface area contributed by atoms with Gasteiger partial charge in [-0.1, -0.05) is 38.1 Å². The zero-order chi connectivity index (χ0) is 14.3. The molecule has 0 aliphatic rings. The second-order valence-corrected chi connectivity index (χ2v) is 4.34. The van der Waals surface area contributed by atoms with Crippen molar-refractivity contribution in [2.75, 3.05) is 19.8 Å². The van der Waals surface area contributed by atoms with E-state index in [1.54, 1.807) is 0 Å². The van der Waals surface area contributed by atoms with Gasteiger partial charge in [0.2, 0.25) is 0 Å². The number of nitrogens with one attached hydrogen (secondary N) is 1. The molecule has 0 aliphatic heterocycles. The molecule has 0 aliphatic carbocycles. The van der Waals surface area contributed by atoms with Crippen molar-refractivity contribution in [3.05, 3.63) is 35.4 Å². The number of ether oxygens (including phenoxy) is 1. The standard InChI is InChI=1S/C14H20F3NO/c1-3-11-6-5-7-12(8-11)13(18-4-2)9-19-10-14(15,16)17/h5-8,13,18H,3-4,9-10H2,1-2H3. The van der Waals surface area contributed by atoms with Crippen LogP contribution in [0.4, 0.5) is 13.2 Å². The molecule has 1 atom stereocenters. The normalized spacial score (nSPS) is 13.5. The first-order chi connectivity index (χ1) is 8.96. The van der Waals surface area contributed by atoms with E-state index in [0.717, 1.165) is 17.5 Å². The fourth-order valence-corrected chi connectivity index (χ4v) is 1.84. The fraction of sp³-hybridized carbons (Fsp3) is 0.571. The van der Waals surface area contributed by atoms with Crippen molar-refractivity contribution < 1.29 is 17.9 Å². The summed E-state index contributed by atoms with van der Waals surface area (Å²) in [4.78, 5) is 0. The highest BCUT2D eigenvalue weighted by molar-refractivity contribution is 5.26. The monoisotopic (exact) mass is 275 g/mol. The molecule has 0 bridgehead atoms. The number of hydrogen-bond acceptors (Lipinski definition) is 2. The molecular formula is C14H20F3NO. The molecule has 1 rings (SSSR count). The van der Waals surface area contributed by atoms with Crippen molar-refractivity contribution >= 4 is 0 Å². The van der Waals surface area contributed by atoms with Crippen LogP contribution in [-0.4, -0.2) is 25.9 Å². The number of halogens is 3. The van der Waals surface area contributed by atoms with Crippen LogP contribution in [0.3, 0.4) is 0 Å². The molecule has 0 saturated carbocycles. The first-order valence-electron chi connectivity index (χ1n) is 6.43. The lowest BCUT2D eigenvalue weighted by atomic mass is 10.0. The maximum absolute atomic E-state index is 12.1. The Morgan fingerprint density at radius 2 is 2.00 bits per heavy atom. The Morgan fingerprint density at radius 3 is 2.58 bits per heavy atom.